The second kappa shape index (κ2) is 8.23. The standard InChI is InChI=1S/C19H29N3O3/c1-12(2)11-16-18(23)20-9-6-10-22(16)19(24)21-15-8-7-13(3)17(25-5)14(15)4/h7-8,12,16H,6,9-11H2,1-5H3,(H,20,23)(H,21,24). The largest absolute Gasteiger partial charge is 0.496 e. The van der Waals surface area contributed by atoms with Crippen LogP contribution in [0.5, 0.6) is 5.75 Å². The van der Waals surface area contributed by atoms with Crippen molar-refractivity contribution in [3.8, 4) is 5.75 Å². The first kappa shape index (κ1) is 19.1. The zero-order valence-electron chi connectivity index (χ0n) is 15.8. The highest BCUT2D eigenvalue weighted by atomic mass is 16.5. The number of urea groups is 1. The molecule has 25 heavy (non-hydrogen) atoms. The minimum atomic E-state index is -0.435. The molecule has 1 unspecified atom stereocenters. The molecule has 0 radical (unpaired) electrons. The average Bonchev–Trinajstić information content (AvgIpc) is 2.72. The van der Waals surface area contributed by atoms with E-state index in [0.29, 0.717) is 31.1 Å². The first-order valence-electron chi connectivity index (χ1n) is 8.84. The summed E-state index contributed by atoms with van der Waals surface area (Å²) >= 11 is 0. The number of anilines is 1. The maximum atomic E-state index is 12.9. The molecule has 1 heterocycles. The van der Waals surface area contributed by atoms with Crippen LogP contribution in [0, 0.1) is 19.8 Å². The van der Waals surface area contributed by atoms with Gasteiger partial charge in [-0.3, -0.25) is 4.79 Å². The van der Waals surface area contributed by atoms with Crippen LogP contribution in [-0.4, -0.2) is 43.1 Å². The second-order valence-electron chi connectivity index (χ2n) is 7.00. The quantitative estimate of drug-likeness (QED) is 0.879. The molecule has 6 heteroatoms. The third-order valence-electron chi connectivity index (χ3n) is 4.56. The molecule has 0 aliphatic carbocycles. The number of hydrogen-bond donors (Lipinski definition) is 2. The molecule has 1 aliphatic heterocycles. The van der Waals surface area contributed by atoms with Crippen LogP contribution in [-0.2, 0) is 4.79 Å². The zero-order valence-corrected chi connectivity index (χ0v) is 15.8. The smallest absolute Gasteiger partial charge is 0.322 e. The third-order valence-corrected chi connectivity index (χ3v) is 4.56. The van der Waals surface area contributed by atoms with Crippen LogP contribution < -0.4 is 15.4 Å². The van der Waals surface area contributed by atoms with E-state index >= 15 is 0 Å². The summed E-state index contributed by atoms with van der Waals surface area (Å²) in [5.74, 6) is 1.02. The van der Waals surface area contributed by atoms with E-state index in [1.807, 2.05) is 26.0 Å². The van der Waals surface area contributed by atoms with Crippen LogP contribution in [0.3, 0.4) is 0 Å². The number of carbonyl (C=O) groups excluding carboxylic acids is 2. The van der Waals surface area contributed by atoms with E-state index in [1.165, 1.54) is 0 Å². The molecule has 6 nitrogen and oxygen atoms in total. The number of amides is 3. The highest BCUT2D eigenvalue weighted by Crippen LogP contribution is 2.29. The van der Waals surface area contributed by atoms with Crippen molar-refractivity contribution in [2.24, 2.45) is 5.92 Å². The summed E-state index contributed by atoms with van der Waals surface area (Å²) in [5.41, 5.74) is 2.61. The number of hydrogen-bond acceptors (Lipinski definition) is 3. The molecule has 0 saturated carbocycles. The van der Waals surface area contributed by atoms with Gasteiger partial charge in [-0.05, 0) is 44.2 Å². The van der Waals surface area contributed by atoms with Gasteiger partial charge in [-0.15, -0.1) is 0 Å². The maximum Gasteiger partial charge on any atom is 0.322 e. The Balaban J connectivity index is 2.24. The van der Waals surface area contributed by atoms with Gasteiger partial charge in [-0.1, -0.05) is 19.9 Å². The molecule has 1 aliphatic rings. The Morgan fingerprint density at radius 3 is 2.76 bits per heavy atom. The summed E-state index contributed by atoms with van der Waals surface area (Å²) in [6.07, 6.45) is 1.40. The van der Waals surface area contributed by atoms with Crippen molar-refractivity contribution in [1.82, 2.24) is 10.2 Å². The minimum Gasteiger partial charge on any atom is -0.496 e. The van der Waals surface area contributed by atoms with Gasteiger partial charge in [-0.2, -0.15) is 0 Å². The van der Waals surface area contributed by atoms with Gasteiger partial charge in [0.15, 0.2) is 0 Å². The molecule has 1 aromatic carbocycles. The van der Waals surface area contributed by atoms with Gasteiger partial charge in [0.25, 0.3) is 0 Å². The predicted octanol–water partition coefficient (Wildman–Crippen LogP) is 3.08. The number of benzene rings is 1. The molecule has 0 aromatic heterocycles. The molecule has 1 aromatic rings. The van der Waals surface area contributed by atoms with Crippen LogP contribution >= 0.6 is 0 Å². The third kappa shape index (κ3) is 4.44. The first-order valence-corrected chi connectivity index (χ1v) is 8.84. The van der Waals surface area contributed by atoms with Crippen molar-refractivity contribution in [1.29, 1.82) is 0 Å². The number of carbonyl (C=O) groups is 2. The summed E-state index contributed by atoms with van der Waals surface area (Å²) in [6, 6.07) is 3.12. The summed E-state index contributed by atoms with van der Waals surface area (Å²) in [6.45, 7) is 9.17. The SMILES string of the molecule is COc1c(C)ccc(NC(=O)N2CCCNC(=O)C2CC(C)C)c1C. The zero-order chi connectivity index (χ0) is 18.6. The van der Waals surface area contributed by atoms with Crippen molar-refractivity contribution in [3.63, 3.8) is 0 Å². The molecule has 2 N–H and O–H groups in total. The number of nitrogens with zero attached hydrogens (tertiary/aromatic N) is 1. The van der Waals surface area contributed by atoms with Crippen LogP contribution in [0.2, 0.25) is 0 Å². The van der Waals surface area contributed by atoms with Gasteiger partial charge in [0, 0.05) is 24.3 Å². The summed E-state index contributed by atoms with van der Waals surface area (Å²) in [7, 11) is 1.62. The highest BCUT2D eigenvalue weighted by molar-refractivity contribution is 5.94. The second-order valence-corrected chi connectivity index (χ2v) is 7.00. The summed E-state index contributed by atoms with van der Waals surface area (Å²) in [4.78, 5) is 26.9. The van der Waals surface area contributed by atoms with Crippen LogP contribution in [0.4, 0.5) is 10.5 Å². The topological polar surface area (TPSA) is 70.7 Å². The fourth-order valence-corrected chi connectivity index (χ4v) is 3.26. The predicted molar refractivity (Wildman–Crippen MR) is 99.1 cm³/mol. The van der Waals surface area contributed by atoms with Gasteiger partial charge in [0.2, 0.25) is 5.91 Å². The van der Waals surface area contributed by atoms with E-state index < -0.39 is 6.04 Å². The monoisotopic (exact) mass is 347 g/mol. The Morgan fingerprint density at radius 1 is 1.40 bits per heavy atom. The van der Waals surface area contributed by atoms with Gasteiger partial charge in [-0.25, -0.2) is 4.79 Å². The van der Waals surface area contributed by atoms with Crippen molar-refractivity contribution in [2.45, 2.75) is 46.6 Å². The van der Waals surface area contributed by atoms with Gasteiger partial charge in [0.05, 0.1) is 7.11 Å². The van der Waals surface area contributed by atoms with Crippen molar-refractivity contribution in [2.75, 3.05) is 25.5 Å². The maximum absolute atomic E-state index is 12.9. The van der Waals surface area contributed by atoms with E-state index in [0.717, 1.165) is 23.3 Å². The number of methoxy groups -OCH3 is 1. The molecule has 1 saturated heterocycles. The van der Waals surface area contributed by atoms with Gasteiger partial charge in [0.1, 0.15) is 11.8 Å². The fraction of sp³-hybridized carbons (Fsp3) is 0.579. The summed E-state index contributed by atoms with van der Waals surface area (Å²) in [5, 5.41) is 5.87. The molecule has 0 spiro atoms. The highest BCUT2D eigenvalue weighted by Gasteiger charge is 2.32. The number of nitrogens with one attached hydrogen (secondary N) is 2. The fourth-order valence-electron chi connectivity index (χ4n) is 3.26. The molecule has 0 bridgehead atoms. The molecular weight excluding hydrogens is 318 g/mol. The number of aryl methyl sites for hydroxylation is 1. The molecule has 1 atom stereocenters. The molecule has 138 valence electrons. The van der Waals surface area contributed by atoms with Crippen molar-refractivity contribution < 1.29 is 14.3 Å². The van der Waals surface area contributed by atoms with E-state index in [-0.39, 0.29) is 11.9 Å². The van der Waals surface area contributed by atoms with E-state index in [4.69, 9.17) is 4.74 Å². The normalized spacial score (nSPS) is 17.9. The lowest BCUT2D eigenvalue weighted by molar-refractivity contribution is -0.125. The Morgan fingerprint density at radius 2 is 2.12 bits per heavy atom. The lowest BCUT2D eigenvalue weighted by Crippen LogP contribution is -2.49. The van der Waals surface area contributed by atoms with E-state index in [2.05, 4.69) is 24.5 Å². The number of ether oxygens (including phenoxy) is 1. The molecule has 2 rings (SSSR count). The Hall–Kier alpha value is -2.24. The van der Waals surface area contributed by atoms with Crippen LogP contribution in [0.15, 0.2) is 12.1 Å². The molecular formula is C19H29N3O3. The van der Waals surface area contributed by atoms with E-state index in [9.17, 15) is 9.59 Å². The van der Waals surface area contributed by atoms with Crippen LogP contribution in [0.1, 0.15) is 37.8 Å². The van der Waals surface area contributed by atoms with Gasteiger partial charge < -0.3 is 20.3 Å². The lowest BCUT2D eigenvalue weighted by atomic mass is 10.0. The van der Waals surface area contributed by atoms with E-state index in [1.54, 1.807) is 12.0 Å². The Bertz CT molecular complexity index is 643. The molecule has 1 fully saturated rings. The molecule has 3 amide bonds. The average molecular weight is 347 g/mol. The van der Waals surface area contributed by atoms with Crippen molar-refractivity contribution in [3.05, 3.63) is 23.3 Å². The van der Waals surface area contributed by atoms with Crippen molar-refractivity contribution >= 4 is 17.6 Å². The lowest BCUT2D eigenvalue weighted by Gasteiger charge is -2.30. The Labute approximate surface area is 149 Å². The Kier molecular flexibility index (Phi) is 6.28. The minimum absolute atomic E-state index is 0.0699. The summed E-state index contributed by atoms with van der Waals surface area (Å²) < 4.78 is 5.43. The first-order chi connectivity index (χ1) is 11.8. The van der Waals surface area contributed by atoms with Crippen LogP contribution in [0.25, 0.3) is 0 Å². The number of rotatable bonds is 4. The van der Waals surface area contributed by atoms with Gasteiger partial charge >= 0.3 is 6.03 Å².